The maximum Gasteiger partial charge on any atom is 0.241 e. The van der Waals surface area contributed by atoms with Gasteiger partial charge in [0.2, 0.25) is 11.8 Å². The van der Waals surface area contributed by atoms with Gasteiger partial charge in [-0.1, -0.05) is 6.08 Å². The van der Waals surface area contributed by atoms with E-state index in [2.05, 4.69) is 4.98 Å². The third-order valence-electron chi connectivity index (χ3n) is 1.81. The number of aromatic hydroxyl groups is 1. The van der Waals surface area contributed by atoms with E-state index in [0.29, 0.717) is 12.2 Å². The first-order valence-electron chi connectivity index (χ1n) is 3.50. The van der Waals surface area contributed by atoms with Crippen molar-refractivity contribution in [1.82, 2.24) is 9.55 Å². The number of nitrogens with zero attached hydrogens (tertiary/aromatic N) is 2. The monoisotopic (exact) mass is 164 g/mol. The van der Waals surface area contributed by atoms with Crippen molar-refractivity contribution >= 4 is 11.7 Å². The molecule has 0 radical (unpaired) electrons. The van der Waals surface area contributed by atoms with Crippen LogP contribution in [0.5, 0.6) is 5.88 Å². The van der Waals surface area contributed by atoms with Gasteiger partial charge in [-0.25, -0.2) is 0 Å². The molecule has 1 aromatic rings. The molecule has 0 spiro atoms. The lowest BCUT2D eigenvalue weighted by atomic mass is 10.2. The van der Waals surface area contributed by atoms with Gasteiger partial charge in [0.25, 0.3) is 0 Å². The van der Waals surface area contributed by atoms with Gasteiger partial charge in [-0.05, 0) is 6.08 Å². The third-order valence-corrected chi connectivity index (χ3v) is 1.81. The van der Waals surface area contributed by atoms with Crippen LogP contribution >= 0.6 is 0 Å². The van der Waals surface area contributed by atoms with Crippen LogP contribution in [-0.2, 0) is 6.54 Å². The summed E-state index contributed by atoms with van der Waals surface area (Å²) >= 11 is 0. The molecule has 5 nitrogen and oxygen atoms in total. The summed E-state index contributed by atoms with van der Waals surface area (Å²) in [6.07, 6.45) is 3.42. The second-order valence-electron chi connectivity index (χ2n) is 2.57. The number of aromatic nitrogens is 2. The number of hydrogen-bond acceptors (Lipinski definition) is 4. The molecule has 0 aliphatic carbocycles. The van der Waals surface area contributed by atoms with E-state index < -0.39 is 0 Å². The Hall–Kier alpha value is -1.78. The molecule has 12 heavy (non-hydrogen) atoms. The Balaban J connectivity index is 2.68. The molecule has 1 aliphatic rings. The highest BCUT2D eigenvalue weighted by molar-refractivity contribution is 6.07. The normalized spacial score (nSPS) is 14.8. The number of allylic oxidation sites excluding steroid dienone is 2. The molecule has 4 N–H and O–H groups in total. The maximum atomic E-state index is 9.26. The molecule has 62 valence electrons. The van der Waals surface area contributed by atoms with Gasteiger partial charge in [0.1, 0.15) is 5.69 Å². The fourth-order valence-electron chi connectivity index (χ4n) is 1.26. The van der Waals surface area contributed by atoms with Crippen LogP contribution in [0.4, 0.5) is 5.95 Å². The molecule has 0 fully saturated rings. The van der Waals surface area contributed by atoms with E-state index >= 15 is 0 Å². The molecule has 1 aliphatic heterocycles. The Kier molecular flexibility index (Phi) is 1.21. The van der Waals surface area contributed by atoms with E-state index in [9.17, 15) is 5.11 Å². The van der Waals surface area contributed by atoms with E-state index in [-0.39, 0.29) is 17.5 Å². The van der Waals surface area contributed by atoms with Crippen LogP contribution in [0.1, 0.15) is 5.69 Å². The summed E-state index contributed by atoms with van der Waals surface area (Å²) in [4.78, 5) is 3.66. The molecule has 0 atom stereocenters. The van der Waals surface area contributed by atoms with Crippen molar-refractivity contribution in [3.8, 4) is 5.88 Å². The smallest absolute Gasteiger partial charge is 0.241 e. The van der Waals surface area contributed by atoms with Crippen LogP contribution in [0, 0.1) is 5.41 Å². The van der Waals surface area contributed by atoms with Gasteiger partial charge in [0.05, 0.1) is 5.71 Å². The summed E-state index contributed by atoms with van der Waals surface area (Å²) in [7, 11) is 0. The Labute approximate surface area is 68.7 Å². The summed E-state index contributed by atoms with van der Waals surface area (Å²) in [6.45, 7) is 0.567. The summed E-state index contributed by atoms with van der Waals surface area (Å²) in [6, 6.07) is 0. The zero-order valence-corrected chi connectivity index (χ0v) is 6.28. The Morgan fingerprint density at radius 3 is 3.08 bits per heavy atom. The predicted octanol–water partition coefficient (Wildman–Crippen LogP) is 0.109. The number of nitrogens with one attached hydrogen (secondary N) is 1. The SMILES string of the molecule is N=C1C=CCn2c(N)nc(O)c21. The number of nitrogens with two attached hydrogens (primary N) is 1. The second kappa shape index (κ2) is 2.10. The average molecular weight is 164 g/mol. The minimum Gasteiger partial charge on any atom is -0.492 e. The zero-order chi connectivity index (χ0) is 8.72. The molecular weight excluding hydrogens is 156 g/mol. The lowest BCUT2D eigenvalue weighted by Gasteiger charge is -2.09. The number of imidazole rings is 1. The fraction of sp³-hybridized carbons (Fsp3) is 0.143. The number of anilines is 1. The summed E-state index contributed by atoms with van der Waals surface area (Å²) in [5.74, 6) is 0.0819. The van der Waals surface area contributed by atoms with Gasteiger partial charge in [0.15, 0.2) is 0 Å². The van der Waals surface area contributed by atoms with Gasteiger partial charge < -0.3 is 15.4 Å². The predicted molar refractivity (Wildman–Crippen MR) is 44.3 cm³/mol. The second-order valence-corrected chi connectivity index (χ2v) is 2.57. The van der Waals surface area contributed by atoms with E-state index in [4.69, 9.17) is 11.1 Å². The molecule has 2 heterocycles. The summed E-state index contributed by atoms with van der Waals surface area (Å²) < 4.78 is 1.59. The molecule has 0 amide bonds. The van der Waals surface area contributed by atoms with Gasteiger partial charge in [0, 0.05) is 6.54 Å². The average Bonchev–Trinajstić information content (AvgIpc) is 2.29. The topological polar surface area (TPSA) is 87.9 Å². The molecule has 0 saturated carbocycles. The zero-order valence-electron chi connectivity index (χ0n) is 6.28. The molecule has 0 aromatic carbocycles. The van der Waals surface area contributed by atoms with Crippen molar-refractivity contribution in [3.63, 3.8) is 0 Å². The Morgan fingerprint density at radius 2 is 2.42 bits per heavy atom. The molecular formula is C7H8N4O. The lowest BCUT2D eigenvalue weighted by molar-refractivity contribution is 0.454. The van der Waals surface area contributed by atoms with Crippen LogP contribution in [0.25, 0.3) is 0 Å². The minimum atomic E-state index is -0.165. The van der Waals surface area contributed by atoms with Crippen molar-refractivity contribution in [2.24, 2.45) is 0 Å². The van der Waals surface area contributed by atoms with Crippen molar-refractivity contribution in [2.45, 2.75) is 6.54 Å². The first kappa shape index (κ1) is 6.90. The standard InChI is InChI=1S/C7H8N4O/c8-4-2-1-3-11-5(4)6(12)10-7(11)9/h1-2,8,12H,3H2,(H2,9,10). The number of hydrogen-bond donors (Lipinski definition) is 3. The fourth-order valence-corrected chi connectivity index (χ4v) is 1.26. The van der Waals surface area contributed by atoms with E-state index in [1.165, 1.54) is 0 Å². The van der Waals surface area contributed by atoms with E-state index in [0.717, 1.165) is 0 Å². The first-order valence-corrected chi connectivity index (χ1v) is 3.50. The maximum absolute atomic E-state index is 9.26. The lowest BCUT2D eigenvalue weighted by Crippen LogP contribution is -2.13. The summed E-state index contributed by atoms with van der Waals surface area (Å²) in [5, 5.41) is 16.7. The van der Waals surface area contributed by atoms with Crippen molar-refractivity contribution in [2.75, 3.05) is 5.73 Å². The highest BCUT2D eigenvalue weighted by Gasteiger charge is 2.18. The molecule has 0 saturated heterocycles. The van der Waals surface area contributed by atoms with Gasteiger partial charge in [-0.3, -0.25) is 5.41 Å². The van der Waals surface area contributed by atoms with Crippen LogP contribution in [0.2, 0.25) is 0 Å². The number of rotatable bonds is 0. The van der Waals surface area contributed by atoms with Crippen molar-refractivity contribution in [1.29, 1.82) is 5.41 Å². The third kappa shape index (κ3) is 0.730. The highest BCUT2D eigenvalue weighted by Crippen LogP contribution is 2.22. The first-order chi connectivity index (χ1) is 5.70. The largest absolute Gasteiger partial charge is 0.492 e. The van der Waals surface area contributed by atoms with E-state index in [1.54, 1.807) is 16.7 Å². The van der Waals surface area contributed by atoms with Crippen molar-refractivity contribution in [3.05, 3.63) is 17.8 Å². The van der Waals surface area contributed by atoms with Gasteiger partial charge in [-0.2, -0.15) is 4.98 Å². The quantitative estimate of drug-likeness (QED) is 0.508. The van der Waals surface area contributed by atoms with Crippen LogP contribution in [0.3, 0.4) is 0 Å². The molecule has 2 rings (SSSR count). The number of fused-ring (bicyclic) bond motifs is 1. The molecule has 1 aromatic heterocycles. The van der Waals surface area contributed by atoms with Gasteiger partial charge >= 0.3 is 0 Å². The Bertz CT molecular complexity index is 377. The van der Waals surface area contributed by atoms with Crippen LogP contribution in [0.15, 0.2) is 12.2 Å². The van der Waals surface area contributed by atoms with Crippen LogP contribution in [-0.4, -0.2) is 20.4 Å². The molecule has 5 heteroatoms. The van der Waals surface area contributed by atoms with Crippen molar-refractivity contribution < 1.29 is 5.11 Å². The van der Waals surface area contributed by atoms with Gasteiger partial charge in [-0.15, -0.1) is 0 Å². The molecule has 0 unspecified atom stereocenters. The van der Waals surface area contributed by atoms with Crippen LogP contribution < -0.4 is 5.73 Å². The van der Waals surface area contributed by atoms with E-state index in [1.807, 2.05) is 0 Å². The number of nitrogen functional groups attached to an aromatic ring is 1. The molecule has 0 bridgehead atoms. The highest BCUT2D eigenvalue weighted by atomic mass is 16.3. The summed E-state index contributed by atoms with van der Waals surface area (Å²) in [5.41, 5.74) is 6.12. The Morgan fingerprint density at radius 1 is 1.67 bits per heavy atom. The minimum absolute atomic E-state index is 0.165.